The Labute approximate surface area is 120 Å². The molecule has 2 nitrogen and oxygen atoms in total. The number of aliphatic hydroxyl groups excluding tert-OH is 1. The molecule has 2 atom stereocenters. The molecule has 106 valence electrons. The van der Waals surface area contributed by atoms with Crippen LogP contribution in [0.3, 0.4) is 0 Å². The van der Waals surface area contributed by atoms with Gasteiger partial charge in [0.2, 0.25) is 0 Å². The van der Waals surface area contributed by atoms with Crippen LogP contribution in [-0.2, 0) is 0 Å². The standard InChI is InChI=1S/C15H14ClF2NO/c16-10-4-1-3-9(7-10)11(8-19)15(20)14-12(17)5-2-6-13(14)18/h1-7,11,15,20H,8,19H2. The van der Waals surface area contributed by atoms with Crippen LogP contribution in [0.25, 0.3) is 0 Å². The predicted octanol–water partition coefficient (Wildman–Crippen LogP) is 3.39. The second kappa shape index (κ2) is 6.31. The summed E-state index contributed by atoms with van der Waals surface area (Å²) in [5, 5.41) is 10.8. The van der Waals surface area contributed by atoms with Crippen LogP contribution in [0.4, 0.5) is 8.78 Å². The van der Waals surface area contributed by atoms with Gasteiger partial charge in [0.25, 0.3) is 0 Å². The smallest absolute Gasteiger partial charge is 0.131 e. The topological polar surface area (TPSA) is 46.2 Å². The summed E-state index contributed by atoms with van der Waals surface area (Å²) >= 11 is 5.89. The molecule has 0 saturated heterocycles. The van der Waals surface area contributed by atoms with Gasteiger partial charge in [0.15, 0.2) is 0 Å². The lowest BCUT2D eigenvalue weighted by molar-refractivity contribution is 0.138. The van der Waals surface area contributed by atoms with E-state index < -0.39 is 23.7 Å². The molecule has 2 aromatic rings. The zero-order valence-electron chi connectivity index (χ0n) is 10.6. The first-order valence-corrected chi connectivity index (χ1v) is 6.50. The Morgan fingerprint density at radius 1 is 1.10 bits per heavy atom. The van der Waals surface area contributed by atoms with E-state index in [2.05, 4.69) is 0 Å². The Kier molecular flexibility index (Phi) is 4.70. The van der Waals surface area contributed by atoms with Crippen molar-refractivity contribution in [3.8, 4) is 0 Å². The fourth-order valence-corrected chi connectivity index (χ4v) is 2.38. The molecule has 0 bridgehead atoms. The van der Waals surface area contributed by atoms with E-state index in [1.54, 1.807) is 24.3 Å². The van der Waals surface area contributed by atoms with E-state index >= 15 is 0 Å². The van der Waals surface area contributed by atoms with E-state index in [1.165, 1.54) is 6.07 Å². The molecule has 0 spiro atoms. The van der Waals surface area contributed by atoms with Gasteiger partial charge in [-0.3, -0.25) is 0 Å². The molecule has 0 heterocycles. The zero-order valence-corrected chi connectivity index (χ0v) is 11.3. The Bertz CT molecular complexity index is 586. The third-order valence-corrected chi connectivity index (χ3v) is 3.44. The third-order valence-electron chi connectivity index (χ3n) is 3.21. The molecule has 0 fully saturated rings. The summed E-state index contributed by atoms with van der Waals surface area (Å²) in [4.78, 5) is 0. The predicted molar refractivity (Wildman–Crippen MR) is 74.6 cm³/mol. The molecule has 0 aliphatic heterocycles. The number of halogens is 3. The van der Waals surface area contributed by atoms with Crippen molar-refractivity contribution < 1.29 is 13.9 Å². The maximum absolute atomic E-state index is 13.7. The molecule has 20 heavy (non-hydrogen) atoms. The van der Waals surface area contributed by atoms with Gasteiger partial charge >= 0.3 is 0 Å². The van der Waals surface area contributed by atoms with Gasteiger partial charge in [-0.1, -0.05) is 29.8 Å². The number of rotatable bonds is 4. The van der Waals surface area contributed by atoms with E-state index in [0.717, 1.165) is 12.1 Å². The van der Waals surface area contributed by atoms with Crippen molar-refractivity contribution in [2.24, 2.45) is 5.73 Å². The fourth-order valence-electron chi connectivity index (χ4n) is 2.18. The first-order chi connectivity index (χ1) is 9.54. The number of benzene rings is 2. The van der Waals surface area contributed by atoms with Crippen molar-refractivity contribution in [3.05, 3.63) is 70.2 Å². The molecule has 0 aliphatic carbocycles. The van der Waals surface area contributed by atoms with E-state index in [0.29, 0.717) is 10.6 Å². The lowest BCUT2D eigenvalue weighted by Crippen LogP contribution is -2.21. The van der Waals surface area contributed by atoms with Gasteiger partial charge in [-0.2, -0.15) is 0 Å². The van der Waals surface area contributed by atoms with Gasteiger partial charge in [0.05, 0.1) is 11.7 Å². The molecule has 2 unspecified atom stereocenters. The molecule has 0 aromatic heterocycles. The highest BCUT2D eigenvalue weighted by Gasteiger charge is 2.26. The maximum atomic E-state index is 13.7. The minimum Gasteiger partial charge on any atom is -0.388 e. The van der Waals surface area contributed by atoms with Crippen molar-refractivity contribution in [1.82, 2.24) is 0 Å². The maximum Gasteiger partial charge on any atom is 0.131 e. The average Bonchev–Trinajstić information content (AvgIpc) is 2.39. The van der Waals surface area contributed by atoms with Crippen molar-refractivity contribution in [2.45, 2.75) is 12.0 Å². The number of hydrogen-bond donors (Lipinski definition) is 2. The second-order valence-corrected chi connectivity index (χ2v) is 4.91. The molecule has 5 heteroatoms. The third kappa shape index (κ3) is 2.98. The highest BCUT2D eigenvalue weighted by molar-refractivity contribution is 6.30. The van der Waals surface area contributed by atoms with E-state index in [1.807, 2.05) is 0 Å². The summed E-state index contributed by atoms with van der Waals surface area (Å²) in [6.07, 6.45) is -1.38. The van der Waals surface area contributed by atoms with Gasteiger partial charge in [0.1, 0.15) is 11.6 Å². The van der Waals surface area contributed by atoms with E-state index in [-0.39, 0.29) is 12.1 Å². The minimum atomic E-state index is -1.38. The van der Waals surface area contributed by atoms with Crippen LogP contribution in [0.2, 0.25) is 5.02 Å². The van der Waals surface area contributed by atoms with Crippen molar-refractivity contribution in [3.63, 3.8) is 0 Å². The molecule has 0 aliphatic rings. The first kappa shape index (κ1) is 14.9. The average molecular weight is 298 g/mol. The van der Waals surface area contributed by atoms with Gasteiger partial charge in [-0.25, -0.2) is 8.78 Å². The largest absolute Gasteiger partial charge is 0.388 e. The monoisotopic (exact) mass is 297 g/mol. The molecule has 3 N–H and O–H groups in total. The first-order valence-electron chi connectivity index (χ1n) is 6.12. The van der Waals surface area contributed by atoms with Gasteiger partial charge in [-0.05, 0) is 29.8 Å². The molecular weight excluding hydrogens is 284 g/mol. The Morgan fingerprint density at radius 3 is 2.25 bits per heavy atom. The Balaban J connectivity index is 2.41. The molecule has 0 saturated carbocycles. The van der Waals surface area contributed by atoms with Crippen molar-refractivity contribution in [2.75, 3.05) is 6.54 Å². The van der Waals surface area contributed by atoms with Crippen LogP contribution < -0.4 is 5.73 Å². The quantitative estimate of drug-likeness (QED) is 0.908. The summed E-state index contributed by atoms with van der Waals surface area (Å²) in [6.45, 7) is 0.0370. The summed E-state index contributed by atoms with van der Waals surface area (Å²) in [5.41, 5.74) is 5.91. The lowest BCUT2D eigenvalue weighted by Gasteiger charge is -2.23. The van der Waals surface area contributed by atoms with Crippen LogP contribution >= 0.6 is 11.6 Å². The molecule has 0 amide bonds. The van der Waals surface area contributed by atoms with Crippen molar-refractivity contribution >= 4 is 11.6 Å². The molecular formula is C15H14ClF2NO. The zero-order chi connectivity index (χ0) is 14.7. The van der Waals surface area contributed by atoms with E-state index in [9.17, 15) is 13.9 Å². The number of hydrogen-bond acceptors (Lipinski definition) is 2. The van der Waals surface area contributed by atoms with Gasteiger partial charge in [0, 0.05) is 17.5 Å². The van der Waals surface area contributed by atoms with Gasteiger partial charge < -0.3 is 10.8 Å². The van der Waals surface area contributed by atoms with Gasteiger partial charge in [-0.15, -0.1) is 0 Å². The second-order valence-electron chi connectivity index (χ2n) is 4.48. The molecule has 2 aromatic carbocycles. The van der Waals surface area contributed by atoms with Crippen LogP contribution in [0.1, 0.15) is 23.1 Å². The summed E-state index contributed by atoms with van der Waals surface area (Å²) in [7, 11) is 0. The van der Waals surface area contributed by atoms with Crippen LogP contribution in [-0.4, -0.2) is 11.7 Å². The highest BCUT2D eigenvalue weighted by atomic mass is 35.5. The summed E-state index contributed by atoms with van der Waals surface area (Å²) in [6, 6.07) is 10.2. The minimum absolute atomic E-state index is 0.0370. The van der Waals surface area contributed by atoms with Crippen LogP contribution in [0, 0.1) is 11.6 Å². The summed E-state index contributed by atoms with van der Waals surface area (Å²) in [5.74, 6) is -2.23. The normalized spacial score (nSPS) is 14.1. The molecule has 0 radical (unpaired) electrons. The van der Waals surface area contributed by atoms with Crippen molar-refractivity contribution in [1.29, 1.82) is 0 Å². The van der Waals surface area contributed by atoms with Crippen LogP contribution in [0.5, 0.6) is 0 Å². The van der Waals surface area contributed by atoms with Crippen LogP contribution in [0.15, 0.2) is 42.5 Å². The Hall–Kier alpha value is -1.49. The highest BCUT2D eigenvalue weighted by Crippen LogP contribution is 2.33. The summed E-state index contributed by atoms with van der Waals surface area (Å²) < 4.78 is 27.5. The molecule has 2 rings (SSSR count). The van der Waals surface area contributed by atoms with E-state index in [4.69, 9.17) is 17.3 Å². The SMILES string of the molecule is NCC(c1cccc(Cl)c1)C(O)c1c(F)cccc1F. The number of nitrogens with two attached hydrogens (primary N) is 1. The fraction of sp³-hybridized carbons (Fsp3) is 0.200. The Morgan fingerprint density at radius 2 is 1.70 bits per heavy atom. The lowest BCUT2D eigenvalue weighted by atomic mass is 9.89. The number of aliphatic hydroxyl groups is 1.